The van der Waals surface area contributed by atoms with Gasteiger partial charge in [-0.05, 0) is 44.4 Å². The monoisotopic (exact) mass is 248 g/mol. The Labute approximate surface area is 102 Å². The van der Waals surface area contributed by atoms with Crippen LogP contribution in [-0.2, 0) is 0 Å². The normalized spacial score (nSPS) is 23.4. The first-order chi connectivity index (χ1) is 7.92. The van der Waals surface area contributed by atoms with E-state index in [1.807, 2.05) is 0 Å². The summed E-state index contributed by atoms with van der Waals surface area (Å²) in [5.74, 6) is 0.729. The largest absolute Gasteiger partial charge is 0.389 e. The summed E-state index contributed by atoms with van der Waals surface area (Å²) in [5, 5.41) is 0. The molecule has 0 amide bonds. The van der Waals surface area contributed by atoms with Crippen LogP contribution in [0.25, 0.3) is 0 Å². The van der Waals surface area contributed by atoms with Gasteiger partial charge in [0, 0.05) is 6.42 Å². The van der Waals surface area contributed by atoms with Gasteiger partial charge >= 0.3 is 6.18 Å². The van der Waals surface area contributed by atoms with E-state index in [0.29, 0.717) is 12.3 Å². The Bertz CT molecular complexity index is 253. The Kier molecular flexibility index (Phi) is 5.54. The number of hydrogen-bond acceptors (Lipinski definition) is 0. The molecule has 0 fully saturated rings. The summed E-state index contributed by atoms with van der Waals surface area (Å²) in [4.78, 5) is 0. The van der Waals surface area contributed by atoms with Crippen molar-refractivity contribution in [2.45, 2.75) is 65.0 Å². The fourth-order valence-electron chi connectivity index (χ4n) is 2.75. The molecule has 2 atom stereocenters. The van der Waals surface area contributed by atoms with Gasteiger partial charge in [-0.15, -0.1) is 0 Å². The van der Waals surface area contributed by atoms with Gasteiger partial charge in [0.05, 0.1) is 0 Å². The molecule has 0 aromatic heterocycles. The van der Waals surface area contributed by atoms with Crippen LogP contribution in [0.2, 0.25) is 0 Å². The van der Waals surface area contributed by atoms with E-state index in [4.69, 9.17) is 0 Å². The molecular formula is C14H23F3. The molecule has 100 valence electrons. The molecule has 0 aromatic carbocycles. The Balaban J connectivity index is 2.48. The van der Waals surface area contributed by atoms with E-state index in [1.165, 1.54) is 5.57 Å². The predicted molar refractivity (Wildman–Crippen MR) is 64.8 cm³/mol. The number of rotatable bonds is 5. The maximum absolute atomic E-state index is 12.3. The van der Waals surface area contributed by atoms with Crippen molar-refractivity contribution in [3.8, 4) is 0 Å². The van der Waals surface area contributed by atoms with Crippen molar-refractivity contribution in [3.05, 3.63) is 11.6 Å². The summed E-state index contributed by atoms with van der Waals surface area (Å²) in [6.45, 7) is 4.17. The minimum absolute atomic E-state index is 0.256. The van der Waals surface area contributed by atoms with Crippen LogP contribution in [-0.4, -0.2) is 6.18 Å². The highest BCUT2D eigenvalue weighted by molar-refractivity contribution is 5.03. The molecule has 0 heterocycles. The van der Waals surface area contributed by atoms with Crippen LogP contribution >= 0.6 is 0 Å². The van der Waals surface area contributed by atoms with E-state index in [9.17, 15) is 13.2 Å². The van der Waals surface area contributed by atoms with E-state index in [2.05, 4.69) is 19.9 Å². The van der Waals surface area contributed by atoms with E-state index >= 15 is 0 Å². The zero-order valence-electron chi connectivity index (χ0n) is 10.8. The van der Waals surface area contributed by atoms with Crippen molar-refractivity contribution in [2.75, 3.05) is 0 Å². The second kappa shape index (κ2) is 6.46. The molecule has 17 heavy (non-hydrogen) atoms. The van der Waals surface area contributed by atoms with Crippen molar-refractivity contribution in [1.82, 2.24) is 0 Å². The van der Waals surface area contributed by atoms with Gasteiger partial charge in [0.2, 0.25) is 0 Å². The number of halogens is 3. The summed E-state index contributed by atoms with van der Waals surface area (Å²) in [5.41, 5.74) is 1.40. The summed E-state index contributed by atoms with van der Waals surface area (Å²) in [6, 6.07) is 0. The first-order valence-electron chi connectivity index (χ1n) is 6.64. The molecule has 1 rings (SSSR count). The molecule has 0 aliphatic heterocycles. The van der Waals surface area contributed by atoms with Gasteiger partial charge in [0.1, 0.15) is 0 Å². The summed E-state index contributed by atoms with van der Waals surface area (Å²) < 4.78 is 36.8. The number of hydrogen-bond donors (Lipinski definition) is 0. The molecule has 0 spiro atoms. The zero-order chi connectivity index (χ0) is 12.9. The Morgan fingerprint density at radius 2 is 2.06 bits per heavy atom. The third-order valence-corrected chi connectivity index (χ3v) is 3.80. The van der Waals surface area contributed by atoms with Crippen LogP contribution < -0.4 is 0 Å². The second-order valence-electron chi connectivity index (χ2n) is 5.29. The molecule has 0 nitrogen and oxygen atoms in total. The minimum Gasteiger partial charge on any atom is -0.171 e. The lowest BCUT2D eigenvalue weighted by atomic mass is 9.77. The standard InChI is InChI=1S/C14H23F3/c1-3-4-12(9-10-14(15,16)17)13-7-5-11(2)6-8-13/h5,12-13H,3-4,6-10H2,1-2H3. The van der Waals surface area contributed by atoms with E-state index in [1.54, 1.807) is 0 Å². The van der Waals surface area contributed by atoms with Crippen LogP contribution in [0.3, 0.4) is 0 Å². The molecule has 1 aliphatic carbocycles. The third kappa shape index (κ3) is 5.60. The summed E-state index contributed by atoms with van der Waals surface area (Å²) in [7, 11) is 0. The van der Waals surface area contributed by atoms with Gasteiger partial charge in [-0.1, -0.05) is 31.4 Å². The number of allylic oxidation sites excluding steroid dienone is 2. The van der Waals surface area contributed by atoms with Gasteiger partial charge in [-0.2, -0.15) is 13.2 Å². The van der Waals surface area contributed by atoms with Crippen LogP contribution in [0.1, 0.15) is 58.8 Å². The van der Waals surface area contributed by atoms with Gasteiger partial charge in [-0.3, -0.25) is 0 Å². The molecule has 0 radical (unpaired) electrons. The minimum atomic E-state index is -3.99. The molecule has 0 N–H and O–H groups in total. The van der Waals surface area contributed by atoms with Gasteiger partial charge < -0.3 is 0 Å². The molecular weight excluding hydrogens is 225 g/mol. The van der Waals surface area contributed by atoms with Crippen molar-refractivity contribution >= 4 is 0 Å². The average Bonchev–Trinajstić information content (AvgIpc) is 2.24. The SMILES string of the molecule is CCCC(CCC(F)(F)F)C1CC=C(C)CC1. The average molecular weight is 248 g/mol. The van der Waals surface area contributed by atoms with E-state index < -0.39 is 12.6 Å². The highest BCUT2D eigenvalue weighted by Crippen LogP contribution is 2.36. The quantitative estimate of drug-likeness (QED) is 0.564. The third-order valence-electron chi connectivity index (χ3n) is 3.80. The van der Waals surface area contributed by atoms with Crippen molar-refractivity contribution < 1.29 is 13.2 Å². The van der Waals surface area contributed by atoms with Crippen LogP contribution in [0.15, 0.2) is 11.6 Å². The Hall–Kier alpha value is -0.470. The van der Waals surface area contributed by atoms with E-state index in [-0.39, 0.29) is 5.92 Å². The Morgan fingerprint density at radius 3 is 2.53 bits per heavy atom. The molecule has 3 heteroatoms. The molecule has 2 unspecified atom stereocenters. The van der Waals surface area contributed by atoms with Gasteiger partial charge in [-0.25, -0.2) is 0 Å². The topological polar surface area (TPSA) is 0 Å². The molecule has 1 aliphatic rings. The second-order valence-corrected chi connectivity index (χ2v) is 5.29. The number of alkyl halides is 3. The fraction of sp³-hybridized carbons (Fsp3) is 0.857. The maximum atomic E-state index is 12.3. The predicted octanol–water partition coefficient (Wildman–Crippen LogP) is 5.49. The fourth-order valence-corrected chi connectivity index (χ4v) is 2.75. The highest BCUT2D eigenvalue weighted by Gasteiger charge is 2.30. The van der Waals surface area contributed by atoms with Gasteiger partial charge in [0.25, 0.3) is 0 Å². The van der Waals surface area contributed by atoms with Crippen molar-refractivity contribution in [3.63, 3.8) is 0 Å². The molecule has 0 saturated carbocycles. The lowest BCUT2D eigenvalue weighted by Gasteiger charge is -2.29. The molecule has 0 aromatic rings. The van der Waals surface area contributed by atoms with Gasteiger partial charge in [0.15, 0.2) is 0 Å². The first kappa shape index (κ1) is 14.6. The first-order valence-corrected chi connectivity index (χ1v) is 6.64. The van der Waals surface area contributed by atoms with E-state index in [0.717, 1.165) is 32.1 Å². The van der Waals surface area contributed by atoms with Crippen LogP contribution in [0.4, 0.5) is 13.2 Å². The maximum Gasteiger partial charge on any atom is 0.389 e. The smallest absolute Gasteiger partial charge is 0.171 e. The lowest BCUT2D eigenvalue weighted by molar-refractivity contribution is -0.138. The molecule has 0 bridgehead atoms. The van der Waals surface area contributed by atoms with Crippen molar-refractivity contribution in [1.29, 1.82) is 0 Å². The Morgan fingerprint density at radius 1 is 1.35 bits per heavy atom. The van der Waals surface area contributed by atoms with Crippen LogP contribution in [0.5, 0.6) is 0 Å². The van der Waals surface area contributed by atoms with Crippen LogP contribution in [0, 0.1) is 11.8 Å². The lowest BCUT2D eigenvalue weighted by Crippen LogP contribution is -2.20. The summed E-state index contributed by atoms with van der Waals surface area (Å²) >= 11 is 0. The zero-order valence-corrected chi connectivity index (χ0v) is 10.8. The summed E-state index contributed by atoms with van der Waals surface area (Å²) in [6.07, 6.45) is 2.97. The van der Waals surface area contributed by atoms with Crippen molar-refractivity contribution in [2.24, 2.45) is 11.8 Å². The highest BCUT2D eigenvalue weighted by atomic mass is 19.4. The molecule has 0 saturated heterocycles.